The van der Waals surface area contributed by atoms with Gasteiger partial charge in [-0.3, -0.25) is 9.78 Å². The second kappa shape index (κ2) is 8.22. The third kappa shape index (κ3) is 9.12. The minimum absolute atomic E-state index is 0.415. The third-order valence-corrected chi connectivity index (χ3v) is 1.25. The molecule has 0 aromatic carbocycles. The zero-order valence-electron chi connectivity index (χ0n) is 6.38. The fourth-order valence-corrected chi connectivity index (χ4v) is 0.672. The van der Waals surface area contributed by atoms with Crippen molar-refractivity contribution < 1.29 is 9.63 Å². The van der Waals surface area contributed by atoms with Crippen LogP contribution >= 0.6 is 24.0 Å². The first kappa shape index (κ1) is 11.1. The SMILES string of the molecule is CO/N=C\C(=O)S.c1cscn1. The molecular weight excluding hydrogens is 196 g/mol. The molecule has 0 saturated carbocycles. The van der Waals surface area contributed by atoms with Crippen molar-refractivity contribution in [3.05, 3.63) is 17.1 Å². The van der Waals surface area contributed by atoms with E-state index in [0.29, 0.717) is 0 Å². The van der Waals surface area contributed by atoms with Crippen LogP contribution in [0.2, 0.25) is 0 Å². The summed E-state index contributed by atoms with van der Waals surface area (Å²) in [7, 11) is 1.35. The van der Waals surface area contributed by atoms with E-state index in [1.807, 2.05) is 5.38 Å². The van der Waals surface area contributed by atoms with E-state index in [1.165, 1.54) is 7.11 Å². The van der Waals surface area contributed by atoms with Crippen molar-refractivity contribution in [1.29, 1.82) is 0 Å². The monoisotopic (exact) mass is 204 g/mol. The molecule has 0 saturated heterocycles. The Morgan fingerprint density at radius 3 is 2.75 bits per heavy atom. The van der Waals surface area contributed by atoms with Crippen molar-refractivity contribution in [1.82, 2.24) is 4.98 Å². The van der Waals surface area contributed by atoms with Crippen LogP contribution in [-0.4, -0.2) is 23.4 Å². The van der Waals surface area contributed by atoms with Crippen LogP contribution in [0.4, 0.5) is 0 Å². The Labute approximate surface area is 79.7 Å². The van der Waals surface area contributed by atoms with Crippen LogP contribution < -0.4 is 0 Å². The van der Waals surface area contributed by atoms with Gasteiger partial charge in [0, 0.05) is 11.6 Å². The van der Waals surface area contributed by atoms with Gasteiger partial charge in [0.25, 0.3) is 0 Å². The Bertz CT molecular complexity index is 206. The Hall–Kier alpha value is -0.880. The van der Waals surface area contributed by atoms with Gasteiger partial charge in [-0.1, -0.05) is 17.8 Å². The van der Waals surface area contributed by atoms with Crippen LogP contribution in [0.5, 0.6) is 0 Å². The van der Waals surface area contributed by atoms with Crippen LogP contribution in [0.15, 0.2) is 22.2 Å². The highest BCUT2D eigenvalue weighted by molar-refractivity contribution is 7.98. The molecule has 1 rings (SSSR count). The Balaban J connectivity index is 0.000000211. The highest BCUT2D eigenvalue weighted by Crippen LogP contribution is 1.85. The molecule has 12 heavy (non-hydrogen) atoms. The van der Waals surface area contributed by atoms with Gasteiger partial charge in [0.1, 0.15) is 13.3 Å². The highest BCUT2D eigenvalue weighted by atomic mass is 32.1. The molecule has 0 bridgehead atoms. The van der Waals surface area contributed by atoms with Crippen LogP contribution in [0, 0.1) is 0 Å². The number of thiol groups is 1. The molecule has 0 radical (unpaired) electrons. The van der Waals surface area contributed by atoms with Gasteiger partial charge in [-0.15, -0.1) is 11.3 Å². The van der Waals surface area contributed by atoms with E-state index in [9.17, 15) is 4.79 Å². The normalized spacial score (nSPS) is 8.83. The van der Waals surface area contributed by atoms with E-state index < -0.39 is 5.12 Å². The van der Waals surface area contributed by atoms with E-state index in [0.717, 1.165) is 6.21 Å². The summed E-state index contributed by atoms with van der Waals surface area (Å²) in [6.45, 7) is 0. The molecule has 0 atom stereocenters. The molecule has 66 valence electrons. The molecule has 0 amide bonds. The van der Waals surface area contributed by atoms with Crippen LogP contribution in [0.25, 0.3) is 0 Å². The lowest BCUT2D eigenvalue weighted by Crippen LogP contribution is -1.85. The van der Waals surface area contributed by atoms with Crippen molar-refractivity contribution in [2.75, 3.05) is 7.11 Å². The van der Waals surface area contributed by atoms with E-state index in [2.05, 4.69) is 27.6 Å². The predicted molar refractivity (Wildman–Crippen MR) is 51.6 cm³/mol. The van der Waals surface area contributed by atoms with Crippen LogP contribution in [0.3, 0.4) is 0 Å². The highest BCUT2D eigenvalue weighted by Gasteiger charge is 1.79. The second-order valence-electron chi connectivity index (χ2n) is 1.43. The summed E-state index contributed by atoms with van der Waals surface area (Å²) < 4.78 is 0. The van der Waals surface area contributed by atoms with Crippen LogP contribution in [-0.2, 0) is 9.63 Å². The van der Waals surface area contributed by atoms with E-state index in [-0.39, 0.29) is 0 Å². The largest absolute Gasteiger partial charge is 0.399 e. The maximum absolute atomic E-state index is 9.84. The molecule has 4 nitrogen and oxygen atoms in total. The minimum atomic E-state index is -0.415. The van der Waals surface area contributed by atoms with Gasteiger partial charge in [0.15, 0.2) is 0 Å². The Kier molecular flexibility index (Phi) is 7.62. The smallest absolute Gasteiger partial charge is 0.230 e. The average molecular weight is 204 g/mol. The number of hydrogen-bond acceptors (Lipinski definition) is 5. The number of aromatic nitrogens is 1. The first-order valence-corrected chi connectivity index (χ1v) is 4.28. The Morgan fingerprint density at radius 2 is 2.58 bits per heavy atom. The molecule has 0 fully saturated rings. The van der Waals surface area contributed by atoms with Crippen molar-refractivity contribution in [2.45, 2.75) is 0 Å². The van der Waals surface area contributed by atoms with Crippen molar-refractivity contribution in [3.63, 3.8) is 0 Å². The summed E-state index contributed by atoms with van der Waals surface area (Å²) in [6.07, 6.45) is 2.74. The second-order valence-corrected chi connectivity index (χ2v) is 2.63. The first-order valence-electron chi connectivity index (χ1n) is 2.89. The van der Waals surface area contributed by atoms with Gasteiger partial charge in [-0.05, 0) is 0 Å². The first-order chi connectivity index (χ1) is 5.77. The number of rotatable bonds is 2. The van der Waals surface area contributed by atoms with Gasteiger partial charge in [0.05, 0.1) is 5.51 Å². The molecule has 0 aliphatic heterocycles. The van der Waals surface area contributed by atoms with Crippen LogP contribution in [0.1, 0.15) is 0 Å². The predicted octanol–water partition coefficient (Wildman–Crippen LogP) is 1.22. The average Bonchev–Trinajstić information content (AvgIpc) is 2.57. The molecule has 0 aliphatic carbocycles. The Morgan fingerprint density at radius 1 is 1.83 bits per heavy atom. The summed E-state index contributed by atoms with van der Waals surface area (Å²) in [5.74, 6) is 0. The lowest BCUT2D eigenvalue weighted by molar-refractivity contribution is -0.105. The minimum Gasteiger partial charge on any atom is -0.399 e. The van der Waals surface area contributed by atoms with Gasteiger partial charge in [-0.2, -0.15) is 0 Å². The van der Waals surface area contributed by atoms with Gasteiger partial charge < -0.3 is 4.84 Å². The number of nitrogens with zero attached hydrogens (tertiary/aromatic N) is 2. The molecule has 0 unspecified atom stereocenters. The maximum Gasteiger partial charge on any atom is 0.230 e. The van der Waals surface area contributed by atoms with Gasteiger partial charge in [-0.25, -0.2) is 0 Å². The molecule has 0 aliphatic rings. The topological polar surface area (TPSA) is 51.5 Å². The zero-order chi connectivity index (χ0) is 9.23. The number of thiazole rings is 1. The van der Waals surface area contributed by atoms with Crippen molar-refractivity contribution in [2.24, 2.45) is 5.16 Å². The fourth-order valence-electron chi connectivity index (χ4n) is 0.273. The summed E-state index contributed by atoms with van der Waals surface area (Å²) >= 11 is 4.97. The third-order valence-electron chi connectivity index (χ3n) is 0.616. The molecular formula is C6H8N2O2S2. The summed E-state index contributed by atoms with van der Waals surface area (Å²) in [5, 5.41) is 4.64. The maximum atomic E-state index is 9.84. The molecule has 1 aromatic heterocycles. The van der Waals surface area contributed by atoms with E-state index in [1.54, 1.807) is 23.0 Å². The molecule has 0 spiro atoms. The molecule has 0 N–H and O–H groups in total. The molecule has 1 aromatic rings. The number of hydrogen-bond donors (Lipinski definition) is 1. The summed E-state index contributed by atoms with van der Waals surface area (Å²) in [5.41, 5.74) is 1.79. The lowest BCUT2D eigenvalue weighted by Gasteiger charge is -1.78. The lowest BCUT2D eigenvalue weighted by atomic mass is 10.9. The van der Waals surface area contributed by atoms with E-state index >= 15 is 0 Å². The number of oxime groups is 1. The molecule has 6 heteroatoms. The summed E-state index contributed by atoms with van der Waals surface area (Å²) in [6, 6.07) is 0. The quantitative estimate of drug-likeness (QED) is 0.447. The van der Waals surface area contributed by atoms with Crippen molar-refractivity contribution in [3.8, 4) is 0 Å². The molecule has 1 heterocycles. The van der Waals surface area contributed by atoms with E-state index in [4.69, 9.17) is 0 Å². The summed E-state index contributed by atoms with van der Waals surface area (Å²) in [4.78, 5) is 17.7. The number of carbonyl (C=O) groups excluding carboxylic acids is 1. The number of carbonyl (C=O) groups is 1. The standard InChI is InChI=1S/C3H5NO2S.C3H3NS/c1-6-4-2-3(5)7;1-2-5-3-4-1/h2H,1H3,(H,5,7);1-3H/b4-2-;. The fraction of sp³-hybridized carbons (Fsp3) is 0.167. The van der Waals surface area contributed by atoms with Gasteiger partial charge in [0.2, 0.25) is 5.12 Å². The van der Waals surface area contributed by atoms with Gasteiger partial charge >= 0.3 is 0 Å². The van der Waals surface area contributed by atoms with Crippen molar-refractivity contribution >= 4 is 35.3 Å². The zero-order valence-corrected chi connectivity index (χ0v) is 8.09.